The van der Waals surface area contributed by atoms with Gasteiger partial charge in [-0.3, -0.25) is 4.98 Å². The number of hydrogen-bond donors (Lipinski definition) is 2. The summed E-state index contributed by atoms with van der Waals surface area (Å²) in [4.78, 5) is 4.23. The van der Waals surface area contributed by atoms with Crippen LogP contribution >= 0.6 is 0 Å². The minimum Gasteiger partial charge on any atom is -0.492 e. The van der Waals surface area contributed by atoms with E-state index in [1.165, 1.54) is 0 Å². The van der Waals surface area contributed by atoms with Gasteiger partial charge >= 0.3 is 0 Å². The van der Waals surface area contributed by atoms with E-state index in [2.05, 4.69) is 10.1 Å². The van der Waals surface area contributed by atoms with E-state index in [0.717, 1.165) is 11.3 Å². The number of hydrogen-bond acceptors (Lipinski definition) is 4. The van der Waals surface area contributed by atoms with Gasteiger partial charge in [0.1, 0.15) is 5.75 Å². The van der Waals surface area contributed by atoms with Crippen molar-refractivity contribution in [2.75, 3.05) is 6.61 Å². The first-order chi connectivity index (χ1) is 9.70. The second-order valence-electron chi connectivity index (χ2n) is 4.40. The topological polar surface area (TPSA) is 80.7 Å². The zero-order valence-corrected chi connectivity index (χ0v) is 11.3. The van der Waals surface area contributed by atoms with E-state index in [1.807, 2.05) is 37.3 Å². The summed E-state index contributed by atoms with van der Waals surface area (Å²) in [6, 6.07) is 11.3. The van der Waals surface area contributed by atoms with Crippen LogP contribution in [-0.4, -0.2) is 22.6 Å². The molecule has 5 heteroatoms. The molecule has 104 valence electrons. The average molecular weight is 271 g/mol. The number of nitrogens with zero attached hydrogens (tertiary/aromatic N) is 2. The van der Waals surface area contributed by atoms with Crippen LogP contribution in [0.25, 0.3) is 0 Å². The van der Waals surface area contributed by atoms with Crippen LogP contribution in [0.4, 0.5) is 0 Å². The average Bonchev–Trinajstić information content (AvgIpc) is 2.48. The fourth-order valence-electron chi connectivity index (χ4n) is 1.83. The highest BCUT2D eigenvalue weighted by molar-refractivity contribution is 5.99. The molecule has 0 radical (unpaired) electrons. The summed E-state index contributed by atoms with van der Waals surface area (Å²) in [5.41, 5.74) is 8.23. The monoisotopic (exact) mass is 271 g/mol. The van der Waals surface area contributed by atoms with E-state index in [-0.39, 0.29) is 5.84 Å². The number of pyridine rings is 1. The number of benzene rings is 1. The van der Waals surface area contributed by atoms with Crippen LogP contribution in [0.15, 0.2) is 47.8 Å². The minimum absolute atomic E-state index is 0.0397. The van der Waals surface area contributed by atoms with E-state index >= 15 is 0 Å². The summed E-state index contributed by atoms with van der Waals surface area (Å²) in [6.45, 7) is 2.44. The molecule has 0 saturated heterocycles. The second kappa shape index (κ2) is 6.56. The van der Waals surface area contributed by atoms with Crippen LogP contribution in [0.2, 0.25) is 0 Å². The van der Waals surface area contributed by atoms with Gasteiger partial charge in [-0.15, -0.1) is 0 Å². The summed E-state index contributed by atoms with van der Waals surface area (Å²) >= 11 is 0. The molecule has 5 nitrogen and oxygen atoms in total. The van der Waals surface area contributed by atoms with Crippen molar-refractivity contribution in [1.82, 2.24) is 4.98 Å². The lowest BCUT2D eigenvalue weighted by Crippen LogP contribution is -2.15. The number of amidine groups is 1. The van der Waals surface area contributed by atoms with Crippen molar-refractivity contribution in [2.24, 2.45) is 10.9 Å². The highest BCUT2D eigenvalue weighted by Gasteiger charge is 2.08. The Balaban J connectivity index is 2.07. The van der Waals surface area contributed by atoms with E-state index in [1.54, 1.807) is 12.3 Å². The van der Waals surface area contributed by atoms with Crippen molar-refractivity contribution >= 4 is 5.84 Å². The standard InChI is InChI=1S/C15H17N3O2/c1-11-5-6-13(15(16)18-19)14(10-11)20-9-7-12-4-2-3-8-17-12/h2-6,8,10,19H,7,9H2,1H3,(H2,16,18). The first-order valence-corrected chi connectivity index (χ1v) is 6.32. The summed E-state index contributed by atoms with van der Waals surface area (Å²) < 4.78 is 5.73. The van der Waals surface area contributed by atoms with Crippen molar-refractivity contribution in [3.05, 3.63) is 59.4 Å². The maximum Gasteiger partial charge on any atom is 0.173 e. The van der Waals surface area contributed by atoms with Crippen molar-refractivity contribution in [1.29, 1.82) is 0 Å². The number of ether oxygens (including phenoxy) is 1. The highest BCUT2D eigenvalue weighted by atomic mass is 16.5. The minimum atomic E-state index is 0.0397. The van der Waals surface area contributed by atoms with Gasteiger partial charge in [0.25, 0.3) is 0 Å². The Bertz CT molecular complexity index is 597. The van der Waals surface area contributed by atoms with E-state index < -0.39 is 0 Å². The molecule has 0 atom stereocenters. The van der Waals surface area contributed by atoms with Crippen LogP contribution < -0.4 is 10.5 Å². The summed E-state index contributed by atoms with van der Waals surface area (Å²) in [5.74, 6) is 0.647. The van der Waals surface area contributed by atoms with Gasteiger partial charge < -0.3 is 15.7 Å². The number of oxime groups is 1. The SMILES string of the molecule is Cc1ccc(C(N)=NO)c(OCCc2ccccn2)c1. The normalized spacial score (nSPS) is 11.3. The van der Waals surface area contributed by atoms with Crippen molar-refractivity contribution in [3.8, 4) is 5.75 Å². The maximum atomic E-state index is 8.78. The van der Waals surface area contributed by atoms with Crippen LogP contribution in [0.5, 0.6) is 5.75 Å². The Hall–Kier alpha value is -2.56. The van der Waals surface area contributed by atoms with Gasteiger partial charge in [0.2, 0.25) is 0 Å². The molecule has 0 saturated carbocycles. The van der Waals surface area contributed by atoms with Gasteiger partial charge in [-0.1, -0.05) is 17.3 Å². The predicted molar refractivity (Wildman–Crippen MR) is 77.1 cm³/mol. The van der Waals surface area contributed by atoms with Crippen LogP contribution in [0.3, 0.4) is 0 Å². The Morgan fingerprint density at radius 1 is 1.35 bits per heavy atom. The molecule has 2 rings (SSSR count). The lowest BCUT2D eigenvalue weighted by Gasteiger charge is -2.11. The number of aromatic nitrogens is 1. The molecule has 0 unspecified atom stereocenters. The van der Waals surface area contributed by atoms with Gasteiger partial charge in [0.05, 0.1) is 12.2 Å². The molecule has 20 heavy (non-hydrogen) atoms. The second-order valence-corrected chi connectivity index (χ2v) is 4.40. The molecule has 0 spiro atoms. The van der Waals surface area contributed by atoms with Crippen LogP contribution in [0.1, 0.15) is 16.8 Å². The van der Waals surface area contributed by atoms with E-state index in [4.69, 9.17) is 15.7 Å². The lowest BCUT2D eigenvalue weighted by atomic mass is 10.1. The zero-order valence-electron chi connectivity index (χ0n) is 11.3. The molecule has 0 aliphatic carbocycles. The fraction of sp³-hybridized carbons (Fsp3) is 0.200. The quantitative estimate of drug-likeness (QED) is 0.378. The zero-order chi connectivity index (χ0) is 14.4. The third kappa shape index (κ3) is 3.47. The largest absolute Gasteiger partial charge is 0.492 e. The Labute approximate surface area is 117 Å². The predicted octanol–water partition coefficient (Wildman–Crippen LogP) is 2.11. The third-order valence-electron chi connectivity index (χ3n) is 2.86. The first-order valence-electron chi connectivity index (χ1n) is 6.32. The highest BCUT2D eigenvalue weighted by Crippen LogP contribution is 2.20. The first kappa shape index (κ1) is 13.9. The van der Waals surface area contributed by atoms with Crippen molar-refractivity contribution in [3.63, 3.8) is 0 Å². The summed E-state index contributed by atoms with van der Waals surface area (Å²) in [6.07, 6.45) is 2.45. The lowest BCUT2D eigenvalue weighted by molar-refractivity contribution is 0.313. The van der Waals surface area contributed by atoms with Crippen molar-refractivity contribution < 1.29 is 9.94 Å². The Kier molecular flexibility index (Phi) is 4.55. The molecule has 2 aromatic rings. The number of rotatable bonds is 5. The van der Waals surface area contributed by atoms with Gasteiger partial charge in [-0.25, -0.2) is 0 Å². The molecule has 3 N–H and O–H groups in total. The van der Waals surface area contributed by atoms with Gasteiger partial charge in [-0.2, -0.15) is 0 Å². The molecule has 0 bridgehead atoms. The molecule has 0 aliphatic rings. The molecule has 0 aliphatic heterocycles. The fourth-order valence-corrected chi connectivity index (χ4v) is 1.83. The number of nitrogens with two attached hydrogens (primary N) is 1. The van der Waals surface area contributed by atoms with E-state index in [9.17, 15) is 0 Å². The van der Waals surface area contributed by atoms with Gasteiger partial charge in [0, 0.05) is 18.3 Å². The van der Waals surface area contributed by atoms with Crippen LogP contribution in [0, 0.1) is 6.92 Å². The van der Waals surface area contributed by atoms with E-state index in [0.29, 0.717) is 24.3 Å². The molecular weight excluding hydrogens is 254 g/mol. The van der Waals surface area contributed by atoms with Crippen molar-refractivity contribution in [2.45, 2.75) is 13.3 Å². The molecular formula is C15H17N3O2. The van der Waals surface area contributed by atoms with Crippen LogP contribution in [-0.2, 0) is 6.42 Å². The summed E-state index contributed by atoms with van der Waals surface area (Å²) in [5, 5.41) is 11.8. The van der Waals surface area contributed by atoms with Gasteiger partial charge in [0.15, 0.2) is 5.84 Å². The number of aryl methyl sites for hydroxylation is 1. The Morgan fingerprint density at radius 3 is 2.90 bits per heavy atom. The maximum absolute atomic E-state index is 8.78. The van der Waals surface area contributed by atoms with Gasteiger partial charge in [-0.05, 0) is 36.8 Å². The third-order valence-corrected chi connectivity index (χ3v) is 2.86. The smallest absolute Gasteiger partial charge is 0.173 e. The Morgan fingerprint density at radius 2 is 2.20 bits per heavy atom. The molecule has 1 heterocycles. The molecule has 0 amide bonds. The summed E-state index contributed by atoms with van der Waals surface area (Å²) in [7, 11) is 0. The molecule has 1 aromatic carbocycles. The molecule has 1 aromatic heterocycles. The molecule has 0 fully saturated rings.